The molecule has 0 bridgehead atoms. The molecule has 92 valence electrons. The van der Waals surface area contributed by atoms with Crippen molar-refractivity contribution < 1.29 is 9.59 Å². The van der Waals surface area contributed by atoms with Crippen LogP contribution in [0, 0.1) is 16.7 Å². The van der Waals surface area contributed by atoms with E-state index in [4.69, 9.17) is 5.26 Å². The zero-order chi connectivity index (χ0) is 12.3. The molecule has 2 amide bonds. The molecule has 0 heterocycles. The molecular formula is C12H17N3O2. The molecule has 0 aromatic carbocycles. The molecule has 0 radical (unpaired) electrons. The maximum Gasteiger partial charge on any atom is 0.240 e. The van der Waals surface area contributed by atoms with E-state index in [1.807, 2.05) is 6.07 Å². The van der Waals surface area contributed by atoms with Gasteiger partial charge in [-0.15, -0.1) is 0 Å². The minimum atomic E-state index is -0.754. The fourth-order valence-corrected chi connectivity index (χ4v) is 1.66. The Morgan fingerprint density at radius 2 is 2.06 bits per heavy atom. The molecule has 5 heteroatoms. The van der Waals surface area contributed by atoms with Crippen LogP contribution in [0.25, 0.3) is 0 Å². The molecule has 2 aliphatic rings. The van der Waals surface area contributed by atoms with Crippen molar-refractivity contribution >= 4 is 11.8 Å². The van der Waals surface area contributed by atoms with Crippen molar-refractivity contribution in [3.63, 3.8) is 0 Å². The van der Waals surface area contributed by atoms with Gasteiger partial charge in [0.1, 0.15) is 5.41 Å². The second-order valence-electron chi connectivity index (χ2n) is 4.90. The number of nitrogens with zero attached hydrogens (tertiary/aromatic N) is 1. The Bertz CT molecular complexity index is 364. The number of amides is 2. The van der Waals surface area contributed by atoms with Crippen molar-refractivity contribution in [1.29, 1.82) is 5.26 Å². The van der Waals surface area contributed by atoms with Crippen LogP contribution in [0.5, 0.6) is 0 Å². The maximum absolute atomic E-state index is 11.6. The average molecular weight is 235 g/mol. The number of carbonyl (C=O) groups excluding carboxylic acids is 2. The Morgan fingerprint density at radius 3 is 2.59 bits per heavy atom. The lowest BCUT2D eigenvalue weighted by Gasteiger charge is -2.08. The number of hydrogen-bond donors (Lipinski definition) is 2. The molecule has 2 N–H and O–H groups in total. The minimum absolute atomic E-state index is 0.0585. The molecule has 0 atom stereocenters. The molecule has 0 aliphatic heterocycles. The van der Waals surface area contributed by atoms with Gasteiger partial charge in [0.15, 0.2) is 0 Å². The Kier molecular flexibility index (Phi) is 3.32. The van der Waals surface area contributed by atoms with Crippen molar-refractivity contribution in [2.24, 2.45) is 5.41 Å². The molecule has 2 saturated carbocycles. The van der Waals surface area contributed by atoms with E-state index in [0.717, 1.165) is 12.8 Å². The first-order chi connectivity index (χ1) is 8.16. The summed E-state index contributed by atoms with van der Waals surface area (Å²) in [4.78, 5) is 22.9. The van der Waals surface area contributed by atoms with Crippen LogP contribution in [0.15, 0.2) is 0 Å². The van der Waals surface area contributed by atoms with Gasteiger partial charge in [-0.25, -0.2) is 0 Å². The lowest BCUT2D eigenvalue weighted by Crippen LogP contribution is -2.33. The second-order valence-corrected chi connectivity index (χ2v) is 4.90. The molecule has 17 heavy (non-hydrogen) atoms. The molecule has 0 unspecified atom stereocenters. The molecule has 0 aromatic heterocycles. The van der Waals surface area contributed by atoms with Crippen molar-refractivity contribution in [2.75, 3.05) is 6.54 Å². The highest BCUT2D eigenvalue weighted by Gasteiger charge is 2.50. The molecule has 2 aliphatic carbocycles. The van der Waals surface area contributed by atoms with Crippen LogP contribution < -0.4 is 10.6 Å². The SMILES string of the molecule is N#CC1(C(=O)NCCCC(=O)NC2CC2)CC1. The van der Waals surface area contributed by atoms with Crippen LogP contribution in [0.3, 0.4) is 0 Å². The molecule has 2 fully saturated rings. The van der Waals surface area contributed by atoms with Crippen molar-refractivity contribution in [1.82, 2.24) is 10.6 Å². The van der Waals surface area contributed by atoms with Gasteiger partial charge in [0, 0.05) is 19.0 Å². The molecule has 2 rings (SSSR count). The van der Waals surface area contributed by atoms with E-state index in [0.29, 0.717) is 38.3 Å². The van der Waals surface area contributed by atoms with Crippen molar-refractivity contribution in [2.45, 2.75) is 44.6 Å². The summed E-state index contributed by atoms with van der Waals surface area (Å²) in [5.41, 5.74) is -0.754. The van der Waals surface area contributed by atoms with Crippen LogP contribution in [-0.4, -0.2) is 24.4 Å². The van der Waals surface area contributed by atoms with Gasteiger partial charge >= 0.3 is 0 Å². The summed E-state index contributed by atoms with van der Waals surface area (Å²) in [6.45, 7) is 0.473. The summed E-state index contributed by atoms with van der Waals surface area (Å²) >= 11 is 0. The van der Waals surface area contributed by atoms with Crippen LogP contribution in [0.1, 0.15) is 38.5 Å². The third kappa shape index (κ3) is 3.19. The monoisotopic (exact) mass is 235 g/mol. The zero-order valence-electron chi connectivity index (χ0n) is 9.79. The smallest absolute Gasteiger partial charge is 0.240 e. The third-order valence-corrected chi connectivity index (χ3v) is 3.21. The van der Waals surface area contributed by atoms with Gasteiger partial charge in [-0.05, 0) is 32.1 Å². The average Bonchev–Trinajstić information content (AvgIpc) is 3.17. The maximum atomic E-state index is 11.6. The number of nitriles is 1. The Hall–Kier alpha value is -1.57. The predicted molar refractivity (Wildman–Crippen MR) is 60.7 cm³/mol. The van der Waals surface area contributed by atoms with Gasteiger partial charge in [0.05, 0.1) is 6.07 Å². The van der Waals surface area contributed by atoms with Crippen LogP contribution in [0.4, 0.5) is 0 Å². The van der Waals surface area contributed by atoms with Gasteiger partial charge in [0.25, 0.3) is 0 Å². The van der Waals surface area contributed by atoms with E-state index in [1.165, 1.54) is 0 Å². The highest BCUT2D eigenvalue weighted by molar-refractivity contribution is 5.88. The second kappa shape index (κ2) is 4.74. The quantitative estimate of drug-likeness (QED) is 0.656. The van der Waals surface area contributed by atoms with Crippen LogP contribution >= 0.6 is 0 Å². The lowest BCUT2D eigenvalue weighted by molar-refractivity contribution is -0.125. The molecular weight excluding hydrogens is 218 g/mol. The normalized spacial score (nSPS) is 20.2. The van der Waals surface area contributed by atoms with Crippen molar-refractivity contribution in [3.8, 4) is 6.07 Å². The largest absolute Gasteiger partial charge is 0.355 e. The summed E-state index contributed by atoms with van der Waals surface area (Å²) in [6, 6.07) is 2.44. The van der Waals surface area contributed by atoms with Gasteiger partial charge in [0.2, 0.25) is 11.8 Å². The van der Waals surface area contributed by atoms with Crippen LogP contribution in [0.2, 0.25) is 0 Å². The zero-order valence-corrected chi connectivity index (χ0v) is 9.79. The molecule has 0 saturated heterocycles. The number of hydrogen-bond acceptors (Lipinski definition) is 3. The van der Waals surface area contributed by atoms with E-state index in [-0.39, 0.29) is 11.8 Å². The molecule has 0 spiro atoms. The molecule has 0 aromatic rings. The first kappa shape index (κ1) is 11.9. The number of nitrogens with one attached hydrogen (secondary N) is 2. The summed E-state index contributed by atoms with van der Waals surface area (Å²) in [7, 11) is 0. The van der Waals surface area contributed by atoms with E-state index in [1.54, 1.807) is 0 Å². The van der Waals surface area contributed by atoms with Gasteiger partial charge in [-0.3, -0.25) is 9.59 Å². The summed E-state index contributed by atoms with van der Waals surface area (Å²) in [5.74, 6) is -0.120. The van der Waals surface area contributed by atoms with E-state index in [9.17, 15) is 9.59 Å². The fourth-order valence-electron chi connectivity index (χ4n) is 1.66. The summed E-state index contributed by atoms with van der Waals surface area (Å²) < 4.78 is 0. The van der Waals surface area contributed by atoms with Crippen molar-refractivity contribution in [3.05, 3.63) is 0 Å². The third-order valence-electron chi connectivity index (χ3n) is 3.21. The Balaban J connectivity index is 1.55. The predicted octanol–water partition coefficient (Wildman–Crippen LogP) is 0.465. The van der Waals surface area contributed by atoms with Gasteiger partial charge in [-0.1, -0.05) is 0 Å². The van der Waals surface area contributed by atoms with E-state index in [2.05, 4.69) is 10.6 Å². The van der Waals surface area contributed by atoms with Gasteiger partial charge < -0.3 is 10.6 Å². The van der Waals surface area contributed by atoms with E-state index < -0.39 is 5.41 Å². The molecule has 5 nitrogen and oxygen atoms in total. The Labute approximate surface area is 101 Å². The first-order valence-electron chi connectivity index (χ1n) is 6.15. The highest BCUT2D eigenvalue weighted by atomic mass is 16.2. The summed E-state index contributed by atoms with van der Waals surface area (Å²) in [5, 5.41) is 14.4. The van der Waals surface area contributed by atoms with E-state index >= 15 is 0 Å². The van der Waals surface area contributed by atoms with Gasteiger partial charge in [-0.2, -0.15) is 5.26 Å². The highest BCUT2D eigenvalue weighted by Crippen LogP contribution is 2.44. The number of rotatable bonds is 6. The fraction of sp³-hybridized carbons (Fsp3) is 0.750. The lowest BCUT2D eigenvalue weighted by atomic mass is 10.1. The number of carbonyl (C=O) groups is 2. The first-order valence-corrected chi connectivity index (χ1v) is 6.15. The standard InChI is InChI=1S/C12H17N3O2/c13-8-12(5-6-12)11(17)14-7-1-2-10(16)15-9-3-4-9/h9H,1-7H2,(H,14,17)(H,15,16). The minimum Gasteiger partial charge on any atom is -0.355 e. The topological polar surface area (TPSA) is 82.0 Å². The summed E-state index contributed by atoms with van der Waals surface area (Å²) in [6.07, 6.45) is 4.58. The van der Waals surface area contributed by atoms with Crippen LogP contribution in [-0.2, 0) is 9.59 Å². The Morgan fingerprint density at radius 1 is 1.35 bits per heavy atom.